The zero-order chi connectivity index (χ0) is 11.5. The number of ether oxygens (including phenoxy) is 1. The van der Waals surface area contributed by atoms with Gasteiger partial charge in [-0.1, -0.05) is 12.1 Å². The molecule has 0 spiro atoms. The summed E-state index contributed by atoms with van der Waals surface area (Å²) in [7, 11) is 1.62. The summed E-state index contributed by atoms with van der Waals surface area (Å²) in [5, 5.41) is 6.93. The minimum Gasteiger partial charge on any atom is -0.496 e. The van der Waals surface area contributed by atoms with E-state index in [9.17, 15) is 0 Å². The summed E-state index contributed by atoms with van der Waals surface area (Å²) in [6, 6.07) is 7.45. The first-order valence-electron chi connectivity index (χ1n) is 5.03. The zero-order valence-electron chi connectivity index (χ0n) is 9.27. The van der Waals surface area contributed by atoms with E-state index in [1.165, 1.54) is 0 Å². The van der Waals surface area contributed by atoms with Crippen LogP contribution in [-0.4, -0.2) is 22.3 Å². The van der Waals surface area contributed by atoms with Crippen molar-refractivity contribution < 1.29 is 4.74 Å². The first kappa shape index (κ1) is 10.6. The molecule has 0 saturated carbocycles. The lowest BCUT2D eigenvalue weighted by molar-refractivity contribution is 0.416. The van der Waals surface area contributed by atoms with Gasteiger partial charge in [0.05, 0.1) is 18.7 Å². The fourth-order valence-corrected chi connectivity index (χ4v) is 1.43. The van der Waals surface area contributed by atoms with Gasteiger partial charge < -0.3 is 10.5 Å². The highest BCUT2D eigenvalue weighted by Gasteiger charge is 2.12. The Kier molecular flexibility index (Phi) is 2.87. The minimum absolute atomic E-state index is 0.157. The molecule has 1 unspecified atom stereocenters. The van der Waals surface area contributed by atoms with Gasteiger partial charge in [-0.2, -0.15) is 5.10 Å². The van der Waals surface area contributed by atoms with Crippen LogP contribution in [0.15, 0.2) is 24.3 Å². The molecule has 1 atom stereocenters. The largest absolute Gasteiger partial charge is 0.496 e. The average Bonchev–Trinajstić information content (AvgIpc) is 2.78. The summed E-state index contributed by atoms with van der Waals surface area (Å²) in [5.74, 6) is 2.02. The van der Waals surface area contributed by atoms with E-state index in [2.05, 4.69) is 15.2 Å². The summed E-state index contributed by atoms with van der Waals surface area (Å²) in [6.45, 7) is 1.85. The van der Waals surface area contributed by atoms with Crippen molar-refractivity contribution in [1.82, 2.24) is 15.2 Å². The summed E-state index contributed by atoms with van der Waals surface area (Å²) in [5.41, 5.74) is 6.57. The van der Waals surface area contributed by atoms with E-state index in [1.54, 1.807) is 7.11 Å². The number of nitrogens with two attached hydrogens (primary N) is 1. The number of aromatic nitrogens is 3. The summed E-state index contributed by atoms with van der Waals surface area (Å²) < 4.78 is 5.24. The smallest absolute Gasteiger partial charge is 0.184 e. The maximum Gasteiger partial charge on any atom is 0.184 e. The van der Waals surface area contributed by atoms with Crippen molar-refractivity contribution in [2.75, 3.05) is 7.11 Å². The summed E-state index contributed by atoms with van der Waals surface area (Å²) >= 11 is 0. The van der Waals surface area contributed by atoms with Crippen LogP contribution in [0.25, 0.3) is 11.4 Å². The van der Waals surface area contributed by atoms with E-state index in [4.69, 9.17) is 10.5 Å². The van der Waals surface area contributed by atoms with Crippen LogP contribution in [0.2, 0.25) is 0 Å². The minimum atomic E-state index is -0.157. The fourth-order valence-electron chi connectivity index (χ4n) is 1.43. The van der Waals surface area contributed by atoms with E-state index in [-0.39, 0.29) is 6.04 Å². The van der Waals surface area contributed by atoms with Gasteiger partial charge in [0.1, 0.15) is 11.6 Å². The van der Waals surface area contributed by atoms with Crippen molar-refractivity contribution in [2.45, 2.75) is 13.0 Å². The van der Waals surface area contributed by atoms with Crippen molar-refractivity contribution in [2.24, 2.45) is 5.73 Å². The molecule has 16 heavy (non-hydrogen) atoms. The highest BCUT2D eigenvalue weighted by atomic mass is 16.5. The van der Waals surface area contributed by atoms with Crippen molar-refractivity contribution >= 4 is 0 Å². The molecule has 3 N–H and O–H groups in total. The Morgan fingerprint density at radius 1 is 1.38 bits per heavy atom. The van der Waals surface area contributed by atoms with Crippen LogP contribution < -0.4 is 10.5 Å². The molecule has 84 valence electrons. The molecule has 0 aliphatic heterocycles. The molecule has 5 nitrogen and oxygen atoms in total. The molecule has 0 amide bonds. The normalized spacial score (nSPS) is 12.4. The van der Waals surface area contributed by atoms with Crippen LogP contribution >= 0.6 is 0 Å². The molecule has 2 aromatic rings. The van der Waals surface area contributed by atoms with Gasteiger partial charge in [-0.25, -0.2) is 4.98 Å². The number of nitrogens with one attached hydrogen (secondary N) is 1. The first-order valence-corrected chi connectivity index (χ1v) is 5.03. The molecule has 0 bridgehead atoms. The van der Waals surface area contributed by atoms with Gasteiger partial charge in [0.25, 0.3) is 0 Å². The second-order valence-corrected chi connectivity index (χ2v) is 3.53. The first-order chi connectivity index (χ1) is 7.72. The maximum atomic E-state index is 5.71. The summed E-state index contributed by atoms with van der Waals surface area (Å²) in [6.07, 6.45) is 0. The third kappa shape index (κ3) is 1.90. The molecule has 0 radical (unpaired) electrons. The van der Waals surface area contributed by atoms with E-state index in [0.717, 1.165) is 11.3 Å². The molecule has 0 fully saturated rings. The van der Waals surface area contributed by atoms with Gasteiger partial charge in [0, 0.05) is 0 Å². The molecule has 0 aliphatic rings. The van der Waals surface area contributed by atoms with E-state index in [1.807, 2.05) is 31.2 Å². The number of rotatable bonds is 3. The van der Waals surface area contributed by atoms with Gasteiger partial charge in [0.2, 0.25) is 0 Å². The van der Waals surface area contributed by atoms with Gasteiger partial charge >= 0.3 is 0 Å². The number of benzene rings is 1. The molecular formula is C11H14N4O. The Hall–Kier alpha value is -1.88. The number of methoxy groups -OCH3 is 1. The highest BCUT2D eigenvalue weighted by Crippen LogP contribution is 2.26. The molecule has 0 saturated heterocycles. The second kappa shape index (κ2) is 4.32. The van der Waals surface area contributed by atoms with E-state index in [0.29, 0.717) is 11.6 Å². The third-order valence-electron chi connectivity index (χ3n) is 2.28. The van der Waals surface area contributed by atoms with Crippen molar-refractivity contribution in [3.05, 3.63) is 30.1 Å². The van der Waals surface area contributed by atoms with Crippen LogP contribution in [0.5, 0.6) is 5.75 Å². The van der Waals surface area contributed by atoms with Gasteiger partial charge in [0.15, 0.2) is 5.82 Å². The van der Waals surface area contributed by atoms with Crippen molar-refractivity contribution in [1.29, 1.82) is 0 Å². The predicted molar refractivity (Wildman–Crippen MR) is 61.0 cm³/mol. The predicted octanol–water partition coefficient (Wildman–Crippen LogP) is 1.50. The Morgan fingerprint density at radius 2 is 2.12 bits per heavy atom. The van der Waals surface area contributed by atoms with Crippen molar-refractivity contribution in [3.63, 3.8) is 0 Å². The Labute approximate surface area is 93.7 Å². The molecule has 1 heterocycles. The quantitative estimate of drug-likeness (QED) is 0.818. The molecular weight excluding hydrogens is 204 g/mol. The monoisotopic (exact) mass is 218 g/mol. The number of para-hydroxylation sites is 1. The summed E-state index contributed by atoms with van der Waals surface area (Å²) in [4.78, 5) is 4.32. The number of H-pyrrole nitrogens is 1. The number of hydrogen-bond donors (Lipinski definition) is 2. The fraction of sp³-hybridized carbons (Fsp3) is 0.273. The molecule has 5 heteroatoms. The van der Waals surface area contributed by atoms with Gasteiger partial charge in [-0.15, -0.1) is 0 Å². The lowest BCUT2D eigenvalue weighted by atomic mass is 10.2. The second-order valence-electron chi connectivity index (χ2n) is 3.53. The molecule has 1 aromatic carbocycles. The lowest BCUT2D eigenvalue weighted by Gasteiger charge is -2.03. The van der Waals surface area contributed by atoms with Gasteiger partial charge in [-0.3, -0.25) is 5.10 Å². The Bertz CT molecular complexity index is 478. The van der Waals surface area contributed by atoms with Crippen molar-refractivity contribution in [3.8, 4) is 17.1 Å². The van der Waals surface area contributed by atoms with Crippen LogP contribution in [0, 0.1) is 0 Å². The van der Waals surface area contributed by atoms with E-state index >= 15 is 0 Å². The number of hydrogen-bond acceptors (Lipinski definition) is 4. The molecule has 0 aliphatic carbocycles. The Balaban J connectivity index is 2.42. The topological polar surface area (TPSA) is 76.8 Å². The van der Waals surface area contributed by atoms with Crippen LogP contribution in [0.1, 0.15) is 18.8 Å². The van der Waals surface area contributed by atoms with Gasteiger partial charge in [-0.05, 0) is 19.1 Å². The van der Waals surface area contributed by atoms with E-state index < -0.39 is 0 Å². The van der Waals surface area contributed by atoms with Crippen LogP contribution in [0.3, 0.4) is 0 Å². The molecule has 1 aromatic heterocycles. The standard InChI is InChI=1S/C11H14N4O/c1-7(12)10-13-11(15-14-10)8-5-3-4-6-9(8)16-2/h3-7H,12H2,1-2H3,(H,13,14,15). The number of nitrogens with zero attached hydrogens (tertiary/aromatic N) is 2. The highest BCUT2D eigenvalue weighted by molar-refractivity contribution is 5.63. The SMILES string of the molecule is COc1ccccc1-c1n[nH]c(C(C)N)n1. The Morgan fingerprint density at radius 3 is 2.75 bits per heavy atom. The number of aromatic amines is 1. The third-order valence-corrected chi connectivity index (χ3v) is 2.28. The molecule has 2 rings (SSSR count). The maximum absolute atomic E-state index is 5.71. The zero-order valence-corrected chi connectivity index (χ0v) is 9.27. The average molecular weight is 218 g/mol. The van der Waals surface area contributed by atoms with Crippen LogP contribution in [-0.2, 0) is 0 Å². The lowest BCUT2D eigenvalue weighted by Crippen LogP contribution is -2.06. The van der Waals surface area contributed by atoms with Crippen LogP contribution in [0.4, 0.5) is 0 Å².